The van der Waals surface area contributed by atoms with E-state index in [0.29, 0.717) is 11.5 Å². The molecule has 1 aliphatic heterocycles. The molecule has 1 saturated heterocycles. The number of hydrogen-bond acceptors (Lipinski definition) is 4. The second kappa shape index (κ2) is 6.58. The first-order valence-corrected chi connectivity index (χ1v) is 8.93. The Hall–Kier alpha value is -1.40. The molecule has 0 aromatic heterocycles. The number of piperidine rings is 1. The lowest BCUT2D eigenvalue weighted by molar-refractivity contribution is 0.0915. The molecule has 2 unspecified atom stereocenters. The predicted molar refractivity (Wildman–Crippen MR) is 82.1 cm³/mol. The molecule has 2 N–H and O–H groups in total. The quantitative estimate of drug-likeness (QED) is 0.876. The molecule has 1 aliphatic rings. The zero-order valence-electron chi connectivity index (χ0n) is 12.4. The summed E-state index contributed by atoms with van der Waals surface area (Å²) in [6, 6.07) is 6.25. The summed E-state index contributed by atoms with van der Waals surface area (Å²) in [6.45, 7) is 5.49. The Labute approximate surface area is 126 Å². The van der Waals surface area contributed by atoms with Crippen LogP contribution in [0.4, 0.5) is 0 Å². The normalized spacial score (nSPS) is 22.8. The highest BCUT2D eigenvalue weighted by Gasteiger charge is 2.23. The Morgan fingerprint density at radius 1 is 1.33 bits per heavy atom. The summed E-state index contributed by atoms with van der Waals surface area (Å²) in [4.78, 5) is 12.5. The zero-order chi connectivity index (χ0) is 15.5. The van der Waals surface area contributed by atoms with Crippen molar-refractivity contribution in [2.24, 2.45) is 5.92 Å². The molecule has 1 fully saturated rings. The van der Waals surface area contributed by atoms with Crippen LogP contribution >= 0.6 is 0 Å². The van der Waals surface area contributed by atoms with Crippen molar-refractivity contribution in [2.45, 2.75) is 31.2 Å². The molecule has 0 spiro atoms. The van der Waals surface area contributed by atoms with E-state index < -0.39 is 9.84 Å². The molecule has 116 valence electrons. The van der Waals surface area contributed by atoms with E-state index in [1.54, 1.807) is 19.1 Å². The molecular formula is C15H22N2O3S. The number of nitrogens with one attached hydrogen (secondary N) is 2. The van der Waals surface area contributed by atoms with Crippen LogP contribution < -0.4 is 10.6 Å². The molecule has 0 bridgehead atoms. The van der Waals surface area contributed by atoms with E-state index in [-0.39, 0.29) is 22.6 Å². The minimum absolute atomic E-state index is 0.0593. The van der Waals surface area contributed by atoms with Crippen molar-refractivity contribution >= 4 is 15.7 Å². The van der Waals surface area contributed by atoms with Gasteiger partial charge in [-0.25, -0.2) is 8.42 Å². The van der Waals surface area contributed by atoms with Crippen molar-refractivity contribution in [3.05, 3.63) is 29.8 Å². The molecule has 0 saturated carbocycles. The lowest BCUT2D eigenvalue weighted by Crippen LogP contribution is -2.50. The van der Waals surface area contributed by atoms with Crippen molar-refractivity contribution in [3.8, 4) is 0 Å². The van der Waals surface area contributed by atoms with E-state index in [2.05, 4.69) is 17.6 Å². The maximum absolute atomic E-state index is 12.2. The first-order valence-electron chi connectivity index (χ1n) is 7.28. The third-order valence-electron chi connectivity index (χ3n) is 4.00. The third-order valence-corrected chi connectivity index (χ3v) is 5.75. The number of sulfone groups is 1. The van der Waals surface area contributed by atoms with Gasteiger partial charge in [0.05, 0.1) is 10.6 Å². The van der Waals surface area contributed by atoms with E-state index >= 15 is 0 Å². The lowest BCUT2D eigenvalue weighted by atomic mass is 9.94. The largest absolute Gasteiger partial charge is 0.348 e. The molecule has 2 rings (SSSR count). The van der Waals surface area contributed by atoms with Crippen molar-refractivity contribution in [2.75, 3.05) is 18.8 Å². The highest BCUT2D eigenvalue weighted by molar-refractivity contribution is 7.91. The number of carbonyl (C=O) groups excluding carboxylic acids is 1. The van der Waals surface area contributed by atoms with Crippen LogP contribution in [0.15, 0.2) is 29.2 Å². The predicted octanol–water partition coefficient (Wildman–Crippen LogP) is 1.21. The van der Waals surface area contributed by atoms with Gasteiger partial charge in [0.25, 0.3) is 5.91 Å². The second-order valence-electron chi connectivity index (χ2n) is 5.48. The van der Waals surface area contributed by atoms with Crippen molar-refractivity contribution < 1.29 is 13.2 Å². The van der Waals surface area contributed by atoms with Gasteiger partial charge in [0.15, 0.2) is 9.84 Å². The molecule has 1 aromatic rings. The Balaban J connectivity index is 2.06. The third kappa shape index (κ3) is 3.83. The number of carbonyl (C=O) groups is 1. The average molecular weight is 310 g/mol. The molecule has 1 heterocycles. The monoisotopic (exact) mass is 310 g/mol. The Morgan fingerprint density at radius 2 is 2.00 bits per heavy atom. The molecule has 21 heavy (non-hydrogen) atoms. The van der Waals surface area contributed by atoms with Crippen molar-refractivity contribution in [3.63, 3.8) is 0 Å². The Morgan fingerprint density at radius 3 is 2.57 bits per heavy atom. The molecule has 1 aromatic carbocycles. The van der Waals surface area contributed by atoms with E-state index in [4.69, 9.17) is 0 Å². The molecule has 6 heteroatoms. The van der Waals surface area contributed by atoms with Crippen LogP contribution in [-0.2, 0) is 9.84 Å². The fourth-order valence-electron chi connectivity index (χ4n) is 2.41. The Kier molecular flexibility index (Phi) is 5.00. The smallest absolute Gasteiger partial charge is 0.251 e. The zero-order valence-corrected chi connectivity index (χ0v) is 13.2. The summed E-state index contributed by atoms with van der Waals surface area (Å²) in [6.07, 6.45) is 1.04. The number of benzene rings is 1. The fraction of sp³-hybridized carbons (Fsp3) is 0.533. The minimum atomic E-state index is -3.22. The summed E-state index contributed by atoms with van der Waals surface area (Å²) in [5.74, 6) is 0.343. The molecule has 5 nitrogen and oxygen atoms in total. The molecule has 0 aliphatic carbocycles. The van der Waals surface area contributed by atoms with Gasteiger partial charge in [0.2, 0.25) is 0 Å². The maximum Gasteiger partial charge on any atom is 0.251 e. The van der Waals surface area contributed by atoms with Gasteiger partial charge >= 0.3 is 0 Å². The van der Waals surface area contributed by atoms with Crippen molar-refractivity contribution in [1.82, 2.24) is 10.6 Å². The van der Waals surface area contributed by atoms with E-state index in [9.17, 15) is 13.2 Å². The van der Waals surface area contributed by atoms with Gasteiger partial charge in [0.1, 0.15) is 0 Å². The summed E-state index contributed by atoms with van der Waals surface area (Å²) >= 11 is 0. The SMILES string of the molecule is CCS(=O)(=O)c1ccc(C(=O)NC2CNCCC2C)cc1. The van der Waals surface area contributed by atoms with Crippen LogP contribution in [-0.4, -0.2) is 39.2 Å². The van der Waals surface area contributed by atoms with E-state index in [1.165, 1.54) is 12.1 Å². The highest BCUT2D eigenvalue weighted by Crippen LogP contribution is 2.14. The first-order chi connectivity index (χ1) is 9.94. The van der Waals surface area contributed by atoms with Crippen LogP contribution in [0.3, 0.4) is 0 Å². The Bertz CT molecular complexity index is 596. The number of amides is 1. The number of hydrogen-bond donors (Lipinski definition) is 2. The summed E-state index contributed by atoms with van der Waals surface area (Å²) in [5, 5.41) is 6.27. The second-order valence-corrected chi connectivity index (χ2v) is 7.76. The first kappa shape index (κ1) is 16.0. The van der Waals surface area contributed by atoms with Gasteiger partial charge in [-0.15, -0.1) is 0 Å². The van der Waals surface area contributed by atoms with Crippen molar-refractivity contribution in [1.29, 1.82) is 0 Å². The van der Waals surface area contributed by atoms with Gasteiger partial charge in [-0.1, -0.05) is 13.8 Å². The lowest BCUT2D eigenvalue weighted by Gasteiger charge is -2.30. The standard InChI is InChI=1S/C15H22N2O3S/c1-3-21(19,20)13-6-4-12(5-7-13)15(18)17-14-10-16-9-8-11(14)2/h4-7,11,14,16H,3,8-10H2,1-2H3,(H,17,18). The van der Waals surface area contributed by atoms with Crippen LogP contribution in [0, 0.1) is 5.92 Å². The highest BCUT2D eigenvalue weighted by atomic mass is 32.2. The van der Waals surface area contributed by atoms with Gasteiger partial charge in [0, 0.05) is 18.2 Å². The van der Waals surface area contributed by atoms with Crippen LogP contribution in [0.25, 0.3) is 0 Å². The maximum atomic E-state index is 12.2. The minimum Gasteiger partial charge on any atom is -0.348 e. The van der Waals surface area contributed by atoms with Crippen LogP contribution in [0.1, 0.15) is 30.6 Å². The van der Waals surface area contributed by atoms with Crippen LogP contribution in [0.2, 0.25) is 0 Å². The van der Waals surface area contributed by atoms with Gasteiger partial charge < -0.3 is 10.6 Å². The summed E-state index contributed by atoms with van der Waals surface area (Å²) < 4.78 is 23.5. The number of rotatable bonds is 4. The fourth-order valence-corrected chi connectivity index (χ4v) is 3.30. The van der Waals surface area contributed by atoms with E-state index in [1.807, 2.05) is 0 Å². The van der Waals surface area contributed by atoms with Gasteiger partial charge in [-0.3, -0.25) is 4.79 Å². The van der Waals surface area contributed by atoms with Gasteiger partial charge in [-0.2, -0.15) is 0 Å². The topological polar surface area (TPSA) is 75.3 Å². The molecule has 0 radical (unpaired) electrons. The molecule has 2 atom stereocenters. The molecular weight excluding hydrogens is 288 g/mol. The van der Waals surface area contributed by atoms with Gasteiger partial charge in [-0.05, 0) is 43.1 Å². The average Bonchev–Trinajstić information content (AvgIpc) is 2.49. The molecule has 1 amide bonds. The van der Waals surface area contributed by atoms with Crippen LogP contribution in [0.5, 0.6) is 0 Å². The van der Waals surface area contributed by atoms with E-state index in [0.717, 1.165) is 19.5 Å². The summed E-state index contributed by atoms with van der Waals surface area (Å²) in [7, 11) is -3.22. The summed E-state index contributed by atoms with van der Waals surface area (Å²) in [5.41, 5.74) is 0.489.